The third kappa shape index (κ3) is 1.65. The van der Waals surface area contributed by atoms with Crippen molar-refractivity contribution < 1.29 is 24.6 Å². The zero-order valence-electron chi connectivity index (χ0n) is 8.72. The molecular formula is C9H14NNaO5. The molecule has 16 heavy (non-hydrogen) atoms. The summed E-state index contributed by atoms with van der Waals surface area (Å²) in [7, 11) is 1.20. The number of carbonyl (C=O) groups excluding carboxylic acids is 1. The SMILES string of the molecule is CC(C)C1C(=O)N(C)C1(C(=O)O)C(=O)O.[NaH]. The summed E-state index contributed by atoms with van der Waals surface area (Å²) in [6.45, 7) is 3.27. The monoisotopic (exact) mass is 239 g/mol. The number of nitrogens with zero attached hydrogens (tertiary/aromatic N) is 1. The number of rotatable bonds is 3. The third-order valence-electron chi connectivity index (χ3n) is 2.89. The quantitative estimate of drug-likeness (QED) is 0.374. The average Bonchev–Trinajstić information content (AvgIpc) is 2.09. The number of amides is 1. The summed E-state index contributed by atoms with van der Waals surface area (Å²) >= 11 is 0. The van der Waals surface area contributed by atoms with E-state index >= 15 is 0 Å². The zero-order valence-corrected chi connectivity index (χ0v) is 8.72. The predicted molar refractivity (Wildman–Crippen MR) is 56.2 cm³/mol. The first-order valence-corrected chi connectivity index (χ1v) is 4.52. The predicted octanol–water partition coefficient (Wildman–Crippen LogP) is -1.01. The van der Waals surface area contributed by atoms with E-state index in [-0.39, 0.29) is 35.5 Å². The molecule has 0 aromatic rings. The van der Waals surface area contributed by atoms with Crippen molar-refractivity contribution in [3.05, 3.63) is 0 Å². The molecule has 1 aliphatic rings. The van der Waals surface area contributed by atoms with Gasteiger partial charge in [-0.25, -0.2) is 9.59 Å². The van der Waals surface area contributed by atoms with Crippen LogP contribution < -0.4 is 0 Å². The molecule has 86 valence electrons. The molecule has 1 unspecified atom stereocenters. The van der Waals surface area contributed by atoms with Crippen LogP contribution in [0.3, 0.4) is 0 Å². The van der Waals surface area contributed by atoms with Gasteiger partial charge in [-0.3, -0.25) is 4.79 Å². The van der Waals surface area contributed by atoms with Gasteiger partial charge < -0.3 is 15.1 Å². The van der Waals surface area contributed by atoms with Crippen LogP contribution in [0.4, 0.5) is 0 Å². The van der Waals surface area contributed by atoms with Gasteiger partial charge in [0.05, 0.1) is 5.92 Å². The molecule has 1 atom stereocenters. The van der Waals surface area contributed by atoms with Crippen LogP contribution in [0.1, 0.15) is 13.8 Å². The van der Waals surface area contributed by atoms with Crippen molar-refractivity contribution in [3.8, 4) is 0 Å². The zero-order chi connectivity index (χ0) is 12.0. The molecule has 0 saturated carbocycles. The van der Waals surface area contributed by atoms with Gasteiger partial charge in [-0.05, 0) is 5.92 Å². The van der Waals surface area contributed by atoms with Crippen LogP contribution in [0.2, 0.25) is 0 Å². The molecular weight excluding hydrogens is 225 g/mol. The average molecular weight is 239 g/mol. The Bertz CT molecular complexity index is 327. The Morgan fingerprint density at radius 2 is 1.69 bits per heavy atom. The van der Waals surface area contributed by atoms with E-state index in [0.29, 0.717) is 0 Å². The molecule has 0 aromatic carbocycles. The number of hydrogen-bond donors (Lipinski definition) is 2. The second-order valence-corrected chi connectivity index (χ2v) is 4.00. The summed E-state index contributed by atoms with van der Waals surface area (Å²) in [5.41, 5.74) is -2.09. The number of β-lactam (4-membered cyclic amide) rings is 1. The Morgan fingerprint density at radius 1 is 1.31 bits per heavy atom. The van der Waals surface area contributed by atoms with Gasteiger partial charge in [0, 0.05) is 7.05 Å². The van der Waals surface area contributed by atoms with E-state index in [1.165, 1.54) is 7.05 Å². The summed E-state index contributed by atoms with van der Waals surface area (Å²) in [6.07, 6.45) is 0. The minimum atomic E-state index is -2.09. The summed E-state index contributed by atoms with van der Waals surface area (Å²) < 4.78 is 0. The third-order valence-corrected chi connectivity index (χ3v) is 2.89. The Hall–Kier alpha value is -0.590. The van der Waals surface area contributed by atoms with Gasteiger partial charge in [-0.1, -0.05) is 13.8 Å². The van der Waals surface area contributed by atoms with Crippen LogP contribution in [0.5, 0.6) is 0 Å². The van der Waals surface area contributed by atoms with Crippen LogP contribution in [-0.2, 0) is 14.4 Å². The number of carboxylic acid groups (broad SMARTS) is 2. The van der Waals surface area contributed by atoms with E-state index in [0.717, 1.165) is 4.90 Å². The van der Waals surface area contributed by atoms with E-state index in [4.69, 9.17) is 10.2 Å². The second kappa shape index (κ2) is 4.73. The van der Waals surface area contributed by atoms with Crippen LogP contribution >= 0.6 is 0 Å². The van der Waals surface area contributed by atoms with Gasteiger partial charge >= 0.3 is 41.5 Å². The maximum atomic E-state index is 11.4. The fourth-order valence-corrected chi connectivity index (χ4v) is 2.12. The van der Waals surface area contributed by atoms with Crippen molar-refractivity contribution in [1.82, 2.24) is 4.90 Å². The molecule has 0 aliphatic carbocycles. The van der Waals surface area contributed by atoms with Gasteiger partial charge in [0.15, 0.2) is 0 Å². The summed E-state index contributed by atoms with van der Waals surface area (Å²) in [6, 6.07) is 0. The van der Waals surface area contributed by atoms with E-state index in [9.17, 15) is 14.4 Å². The first-order valence-electron chi connectivity index (χ1n) is 4.52. The van der Waals surface area contributed by atoms with Crippen molar-refractivity contribution >= 4 is 47.4 Å². The first kappa shape index (κ1) is 15.4. The number of carbonyl (C=O) groups is 3. The van der Waals surface area contributed by atoms with Gasteiger partial charge in [-0.15, -0.1) is 0 Å². The molecule has 1 rings (SSSR count). The van der Waals surface area contributed by atoms with Crippen molar-refractivity contribution in [2.24, 2.45) is 11.8 Å². The topological polar surface area (TPSA) is 94.9 Å². The molecule has 1 heterocycles. The normalized spacial score (nSPS) is 22.4. The molecule has 0 spiro atoms. The minimum absolute atomic E-state index is 0. The van der Waals surface area contributed by atoms with Crippen LogP contribution in [0.25, 0.3) is 0 Å². The fraction of sp³-hybridized carbons (Fsp3) is 0.667. The molecule has 1 fully saturated rings. The molecule has 2 N–H and O–H groups in total. The number of likely N-dealkylation sites (tertiary alicyclic amines) is 1. The molecule has 6 nitrogen and oxygen atoms in total. The number of likely N-dealkylation sites (N-methyl/N-ethyl adjacent to an activating group) is 1. The number of hydrogen-bond acceptors (Lipinski definition) is 3. The van der Waals surface area contributed by atoms with Crippen LogP contribution in [0.15, 0.2) is 0 Å². The van der Waals surface area contributed by atoms with Crippen molar-refractivity contribution in [2.75, 3.05) is 7.05 Å². The van der Waals surface area contributed by atoms with Crippen molar-refractivity contribution in [3.63, 3.8) is 0 Å². The van der Waals surface area contributed by atoms with Crippen LogP contribution in [0, 0.1) is 11.8 Å². The molecule has 0 bridgehead atoms. The maximum absolute atomic E-state index is 11.4. The molecule has 1 saturated heterocycles. The van der Waals surface area contributed by atoms with E-state index in [1.807, 2.05) is 0 Å². The van der Waals surface area contributed by atoms with Gasteiger partial charge in [0.1, 0.15) is 0 Å². The van der Waals surface area contributed by atoms with E-state index in [2.05, 4.69) is 0 Å². The number of carboxylic acids is 2. The van der Waals surface area contributed by atoms with Crippen molar-refractivity contribution in [2.45, 2.75) is 19.4 Å². The molecule has 1 aliphatic heterocycles. The molecule has 1 amide bonds. The standard InChI is InChI=1S/C9H13NO5.Na.H/c1-4(2)5-6(11)10(3)9(5,7(12)13)8(14)15;;/h4-5H,1-3H3,(H,12,13)(H,14,15);;. The Labute approximate surface area is 115 Å². The van der Waals surface area contributed by atoms with E-state index < -0.39 is 29.3 Å². The Balaban J connectivity index is 0.00000225. The summed E-state index contributed by atoms with van der Waals surface area (Å²) in [4.78, 5) is 34.3. The molecule has 7 heteroatoms. The Kier molecular flexibility index (Phi) is 4.55. The second-order valence-electron chi connectivity index (χ2n) is 4.00. The van der Waals surface area contributed by atoms with E-state index in [1.54, 1.807) is 13.8 Å². The van der Waals surface area contributed by atoms with Crippen molar-refractivity contribution in [1.29, 1.82) is 0 Å². The molecule has 0 aromatic heterocycles. The number of aliphatic carboxylic acids is 2. The van der Waals surface area contributed by atoms with Gasteiger partial charge in [-0.2, -0.15) is 0 Å². The first-order chi connectivity index (χ1) is 6.77. The summed E-state index contributed by atoms with van der Waals surface area (Å²) in [5, 5.41) is 18.0. The molecule has 0 radical (unpaired) electrons. The van der Waals surface area contributed by atoms with Crippen LogP contribution in [-0.4, -0.2) is 75.1 Å². The van der Waals surface area contributed by atoms with Gasteiger partial charge in [0.25, 0.3) is 0 Å². The summed E-state index contributed by atoms with van der Waals surface area (Å²) in [5.74, 6) is -4.72. The fourth-order valence-electron chi connectivity index (χ4n) is 2.12. The van der Waals surface area contributed by atoms with Gasteiger partial charge in [0.2, 0.25) is 11.4 Å². The Morgan fingerprint density at radius 3 is 1.88 bits per heavy atom.